The van der Waals surface area contributed by atoms with E-state index in [2.05, 4.69) is 39.5 Å². The summed E-state index contributed by atoms with van der Waals surface area (Å²) in [5.74, 6) is 0.843. The van der Waals surface area contributed by atoms with Crippen LogP contribution in [0.4, 0.5) is 0 Å². The third-order valence-corrected chi connectivity index (χ3v) is 5.09. The monoisotopic (exact) mass is 281 g/mol. The Kier molecular flexibility index (Phi) is 3.62. The Labute approximate surface area is 126 Å². The van der Waals surface area contributed by atoms with Gasteiger partial charge in [-0.05, 0) is 49.9 Å². The number of rotatable bonds is 2. The number of fused-ring (bicyclic) bond motifs is 2. The van der Waals surface area contributed by atoms with Crippen molar-refractivity contribution in [2.75, 3.05) is 19.6 Å². The van der Waals surface area contributed by atoms with Crippen molar-refractivity contribution in [1.82, 2.24) is 15.2 Å². The Balaban J connectivity index is 1.52. The molecule has 2 saturated heterocycles. The van der Waals surface area contributed by atoms with Crippen molar-refractivity contribution in [2.45, 2.75) is 31.8 Å². The average molecular weight is 281 g/mol. The second kappa shape index (κ2) is 5.74. The van der Waals surface area contributed by atoms with Gasteiger partial charge in [-0.15, -0.1) is 0 Å². The number of likely N-dealkylation sites (tertiary alicyclic amines) is 1. The quantitative estimate of drug-likeness (QED) is 0.917. The fourth-order valence-corrected chi connectivity index (χ4v) is 4.00. The number of para-hydroxylation sites is 1. The maximum absolute atomic E-state index is 4.59. The second-order valence-corrected chi connectivity index (χ2v) is 6.48. The van der Waals surface area contributed by atoms with Gasteiger partial charge in [0.05, 0.1) is 5.52 Å². The van der Waals surface area contributed by atoms with Gasteiger partial charge in [-0.3, -0.25) is 9.88 Å². The molecule has 0 aliphatic carbocycles. The van der Waals surface area contributed by atoms with Crippen LogP contribution < -0.4 is 5.32 Å². The van der Waals surface area contributed by atoms with Crippen LogP contribution in [0.25, 0.3) is 10.9 Å². The molecule has 2 aliphatic rings. The zero-order chi connectivity index (χ0) is 14.1. The molecule has 4 rings (SSSR count). The summed E-state index contributed by atoms with van der Waals surface area (Å²) in [5.41, 5.74) is 2.54. The van der Waals surface area contributed by atoms with Gasteiger partial charge in [0.25, 0.3) is 0 Å². The molecule has 1 N–H and O–H groups in total. The minimum Gasteiger partial charge on any atom is -0.314 e. The van der Waals surface area contributed by atoms with E-state index in [4.69, 9.17) is 0 Å². The van der Waals surface area contributed by atoms with E-state index >= 15 is 0 Å². The summed E-state index contributed by atoms with van der Waals surface area (Å²) in [6, 6.07) is 11.5. The number of benzene rings is 1. The van der Waals surface area contributed by atoms with E-state index < -0.39 is 0 Å². The number of hydrogen-bond acceptors (Lipinski definition) is 3. The van der Waals surface area contributed by atoms with Gasteiger partial charge in [-0.25, -0.2) is 0 Å². The minimum absolute atomic E-state index is 0.764. The smallest absolute Gasteiger partial charge is 0.0746 e. The Morgan fingerprint density at radius 3 is 3.14 bits per heavy atom. The summed E-state index contributed by atoms with van der Waals surface area (Å²) >= 11 is 0. The van der Waals surface area contributed by atoms with Gasteiger partial charge < -0.3 is 5.32 Å². The van der Waals surface area contributed by atoms with Gasteiger partial charge in [0, 0.05) is 30.7 Å². The molecular weight excluding hydrogens is 258 g/mol. The summed E-state index contributed by atoms with van der Waals surface area (Å²) in [6.45, 7) is 4.70. The lowest BCUT2D eigenvalue weighted by Gasteiger charge is -2.41. The first-order valence-electron chi connectivity index (χ1n) is 8.18. The molecule has 2 aromatic rings. The van der Waals surface area contributed by atoms with Crippen LogP contribution in [0.15, 0.2) is 36.5 Å². The third kappa shape index (κ3) is 2.68. The molecule has 1 aromatic carbocycles. The molecule has 0 saturated carbocycles. The van der Waals surface area contributed by atoms with Crippen LogP contribution in [0.1, 0.15) is 24.8 Å². The number of nitrogens with zero attached hydrogens (tertiary/aromatic N) is 2. The summed E-state index contributed by atoms with van der Waals surface area (Å²) < 4.78 is 0. The molecule has 0 amide bonds. The Morgan fingerprint density at radius 1 is 1.19 bits per heavy atom. The van der Waals surface area contributed by atoms with E-state index in [0.29, 0.717) is 0 Å². The molecule has 2 atom stereocenters. The van der Waals surface area contributed by atoms with E-state index in [1.54, 1.807) is 0 Å². The zero-order valence-corrected chi connectivity index (χ0v) is 12.5. The molecule has 2 aliphatic heterocycles. The maximum Gasteiger partial charge on any atom is 0.0746 e. The zero-order valence-electron chi connectivity index (χ0n) is 12.5. The molecule has 21 heavy (non-hydrogen) atoms. The first-order chi connectivity index (χ1) is 10.4. The lowest BCUT2D eigenvalue weighted by atomic mass is 9.85. The number of nitrogens with one attached hydrogen (secondary N) is 1. The fourth-order valence-electron chi connectivity index (χ4n) is 4.00. The van der Waals surface area contributed by atoms with Gasteiger partial charge in [-0.1, -0.05) is 24.3 Å². The predicted molar refractivity (Wildman–Crippen MR) is 86.2 cm³/mol. The molecule has 3 heterocycles. The molecule has 3 heteroatoms. The number of aromatic nitrogens is 1. The van der Waals surface area contributed by atoms with Gasteiger partial charge in [-0.2, -0.15) is 0 Å². The summed E-state index contributed by atoms with van der Waals surface area (Å²) in [7, 11) is 0. The Hall–Kier alpha value is -1.45. The molecular formula is C18H23N3. The highest BCUT2D eigenvalue weighted by Gasteiger charge is 2.30. The van der Waals surface area contributed by atoms with Crippen LogP contribution in [-0.2, 0) is 6.54 Å². The van der Waals surface area contributed by atoms with Crippen molar-refractivity contribution in [1.29, 1.82) is 0 Å². The number of piperidine rings is 2. The van der Waals surface area contributed by atoms with Crippen molar-refractivity contribution < 1.29 is 0 Å². The van der Waals surface area contributed by atoms with E-state index in [-0.39, 0.29) is 0 Å². The molecule has 0 bridgehead atoms. The van der Waals surface area contributed by atoms with Crippen molar-refractivity contribution in [3.05, 3.63) is 42.1 Å². The van der Waals surface area contributed by atoms with E-state index in [0.717, 1.165) is 18.5 Å². The average Bonchev–Trinajstić information content (AvgIpc) is 2.55. The van der Waals surface area contributed by atoms with Crippen molar-refractivity contribution >= 4 is 10.9 Å². The van der Waals surface area contributed by atoms with Crippen LogP contribution in [0.2, 0.25) is 0 Å². The molecule has 2 fully saturated rings. The van der Waals surface area contributed by atoms with Crippen molar-refractivity contribution in [3.63, 3.8) is 0 Å². The Bertz CT molecular complexity index is 619. The van der Waals surface area contributed by atoms with Gasteiger partial charge in [0.15, 0.2) is 0 Å². The van der Waals surface area contributed by atoms with Crippen LogP contribution in [0, 0.1) is 5.92 Å². The van der Waals surface area contributed by atoms with Gasteiger partial charge >= 0.3 is 0 Å². The standard InChI is InChI=1S/C18H23N3/c1-4-14-6-2-10-20-18(14)16(5-1)13-21-11-8-17-15(12-21)7-3-9-19-17/h1-2,4-6,10,15,17,19H,3,7-9,11-13H2. The van der Waals surface area contributed by atoms with Crippen LogP contribution in [0.5, 0.6) is 0 Å². The van der Waals surface area contributed by atoms with Gasteiger partial charge in [0.2, 0.25) is 0 Å². The third-order valence-electron chi connectivity index (χ3n) is 5.09. The predicted octanol–water partition coefficient (Wildman–Crippen LogP) is 2.81. The molecule has 1 aromatic heterocycles. The SMILES string of the molecule is c1cnc2c(CN3CCC4NCCCC4C3)cccc2c1. The lowest BCUT2D eigenvalue weighted by Crippen LogP contribution is -2.51. The van der Waals surface area contributed by atoms with E-state index in [9.17, 15) is 0 Å². The second-order valence-electron chi connectivity index (χ2n) is 6.48. The van der Waals surface area contributed by atoms with Crippen LogP contribution in [0.3, 0.4) is 0 Å². The first-order valence-corrected chi connectivity index (χ1v) is 8.18. The molecule has 3 nitrogen and oxygen atoms in total. The maximum atomic E-state index is 4.59. The largest absolute Gasteiger partial charge is 0.314 e. The summed E-state index contributed by atoms with van der Waals surface area (Å²) in [4.78, 5) is 7.21. The van der Waals surface area contributed by atoms with Crippen molar-refractivity contribution in [2.24, 2.45) is 5.92 Å². The number of hydrogen-bond donors (Lipinski definition) is 1. The highest BCUT2D eigenvalue weighted by Crippen LogP contribution is 2.26. The molecule has 0 spiro atoms. The minimum atomic E-state index is 0.764. The Morgan fingerprint density at radius 2 is 2.14 bits per heavy atom. The first kappa shape index (κ1) is 13.2. The normalized spacial score (nSPS) is 26.7. The summed E-state index contributed by atoms with van der Waals surface area (Å²) in [5, 5.41) is 4.95. The van der Waals surface area contributed by atoms with E-state index in [1.165, 1.54) is 55.4 Å². The fraction of sp³-hybridized carbons (Fsp3) is 0.500. The molecule has 0 radical (unpaired) electrons. The highest BCUT2D eigenvalue weighted by atomic mass is 15.2. The lowest BCUT2D eigenvalue weighted by molar-refractivity contribution is 0.109. The highest BCUT2D eigenvalue weighted by molar-refractivity contribution is 5.81. The van der Waals surface area contributed by atoms with Gasteiger partial charge in [0.1, 0.15) is 0 Å². The van der Waals surface area contributed by atoms with E-state index in [1.807, 2.05) is 12.3 Å². The molecule has 110 valence electrons. The van der Waals surface area contributed by atoms with Crippen molar-refractivity contribution in [3.8, 4) is 0 Å². The van der Waals surface area contributed by atoms with Crippen LogP contribution >= 0.6 is 0 Å². The van der Waals surface area contributed by atoms with Crippen LogP contribution in [-0.4, -0.2) is 35.6 Å². The topological polar surface area (TPSA) is 28.2 Å². The summed E-state index contributed by atoms with van der Waals surface area (Å²) in [6.07, 6.45) is 5.93. The molecule has 2 unspecified atom stereocenters. The number of pyridine rings is 1.